The maximum Gasteiger partial charge on any atom is 0.321 e. The lowest BCUT2D eigenvalue weighted by molar-refractivity contribution is -0.117. The van der Waals surface area contributed by atoms with Crippen molar-refractivity contribution in [1.82, 2.24) is 30.8 Å². The number of urea groups is 1. The van der Waals surface area contributed by atoms with Crippen LogP contribution in [0.4, 0.5) is 4.79 Å². The van der Waals surface area contributed by atoms with Crippen LogP contribution >= 0.6 is 11.8 Å². The van der Waals surface area contributed by atoms with Gasteiger partial charge in [0, 0.05) is 13.1 Å². The van der Waals surface area contributed by atoms with Crippen LogP contribution in [-0.2, 0) is 11.8 Å². The summed E-state index contributed by atoms with van der Waals surface area (Å²) in [5.41, 5.74) is 0. The summed E-state index contributed by atoms with van der Waals surface area (Å²) >= 11 is 1.19. The lowest BCUT2D eigenvalue weighted by atomic mass is 9.84. The standard InChI is InChI=1S/C14H22N6O2S/c1-8(11-6-9-3-4-10(11)5-9)15-13(22)16-12(21)7-23-14-17-18-19-20(14)2/h8-11H,3-7H2,1-2H3,(H2,15,16,21,22)/t8-,9-,10-,11+/m0/s1. The molecule has 0 saturated heterocycles. The minimum atomic E-state index is -0.415. The number of aromatic nitrogens is 4. The van der Waals surface area contributed by atoms with Crippen molar-refractivity contribution in [2.24, 2.45) is 24.8 Å². The van der Waals surface area contributed by atoms with E-state index in [1.165, 1.54) is 42.1 Å². The first kappa shape index (κ1) is 16.2. The van der Waals surface area contributed by atoms with E-state index in [9.17, 15) is 9.59 Å². The van der Waals surface area contributed by atoms with Crippen molar-refractivity contribution in [1.29, 1.82) is 0 Å². The molecule has 2 bridgehead atoms. The molecule has 1 aromatic heterocycles. The molecule has 2 fully saturated rings. The van der Waals surface area contributed by atoms with Gasteiger partial charge >= 0.3 is 6.03 Å². The Kier molecular flexibility index (Phi) is 4.84. The third kappa shape index (κ3) is 3.82. The molecule has 3 amide bonds. The summed E-state index contributed by atoms with van der Waals surface area (Å²) in [4.78, 5) is 23.8. The van der Waals surface area contributed by atoms with Crippen LogP contribution in [0.1, 0.15) is 32.6 Å². The van der Waals surface area contributed by atoms with Gasteiger partial charge in [-0.3, -0.25) is 10.1 Å². The quantitative estimate of drug-likeness (QED) is 0.775. The zero-order valence-corrected chi connectivity index (χ0v) is 14.2. The smallest absolute Gasteiger partial charge is 0.321 e. The van der Waals surface area contributed by atoms with Crippen LogP contribution in [0.15, 0.2) is 5.16 Å². The van der Waals surface area contributed by atoms with E-state index in [4.69, 9.17) is 0 Å². The molecule has 4 atom stereocenters. The van der Waals surface area contributed by atoms with Gasteiger partial charge in [0.15, 0.2) is 0 Å². The molecule has 2 N–H and O–H groups in total. The average molecular weight is 338 g/mol. The molecule has 2 aliphatic rings. The minimum Gasteiger partial charge on any atom is -0.335 e. The Morgan fingerprint density at radius 3 is 2.83 bits per heavy atom. The highest BCUT2D eigenvalue weighted by molar-refractivity contribution is 7.99. The summed E-state index contributed by atoms with van der Waals surface area (Å²) in [7, 11) is 1.70. The van der Waals surface area contributed by atoms with Gasteiger partial charge in [0.05, 0.1) is 5.75 Å². The van der Waals surface area contributed by atoms with E-state index >= 15 is 0 Å². The highest BCUT2D eigenvalue weighted by Gasteiger charge is 2.42. The molecule has 2 saturated carbocycles. The first-order valence-corrected chi connectivity index (χ1v) is 8.97. The van der Waals surface area contributed by atoms with E-state index in [-0.39, 0.29) is 17.7 Å². The predicted molar refractivity (Wildman–Crippen MR) is 84.6 cm³/mol. The largest absolute Gasteiger partial charge is 0.335 e. The lowest BCUT2D eigenvalue weighted by Crippen LogP contribution is -2.47. The second-order valence-electron chi connectivity index (χ2n) is 6.52. The number of nitrogens with one attached hydrogen (secondary N) is 2. The molecule has 0 spiro atoms. The molecule has 0 aromatic carbocycles. The van der Waals surface area contributed by atoms with Crippen molar-refractivity contribution in [3.63, 3.8) is 0 Å². The number of hydrogen-bond acceptors (Lipinski definition) is 6. The van der Waals surface area contributed by atoms with Gasteiger partial charge in [0.1, 0.15) is 0 Å². The Bertz CT molecular complexity index is 592. The lowest BCUT2D eigenvalue weighted by Gasteiger charge is -2.28. The zero-order chi connectivity index (χ0) is 16.4. The van der Waals surface area contributed by atoms with Crippen LogP contribution < -0.4 is 10.6 Å². The van der Waals surface area contributed by atoms with Crippen LogP contribution in [0.3, 0.4) is 0 Å². The molecule has 0 radical (unpaired) electrons. The van der Waals surface area contributed by atoms with Crippen molar-refractivity contribution >= 4 is 23.7 Å². The van der Waals surface area contributed by atoms with Gasteiger partial charge in [-0.05, 0) is 54.4 Å². The van der Waals surface area contributed by atoms with E-state index in [0.717, 1.165) is 11.8 Å². The number of rotatable bonds is 5. The second kappa shape index (κ2) is 6.86. The van der Waals surface area contributed by atoms with Crippen molar-refractivity contribution in [2.75, 3.05) is 5.75 Å². The topological polar surface area (TPSA) is 102 Å². The Labute approximate surface area is 139 Å². The van der Waals surface area contributed by atoms with Gasteiger partial charge in [-0.25, -0.2) is 9.48 Å². The fraction of sp³-hybridized carbons (Fsp3) is 0.786. The van der Waals surface area contributed by atoms with Crippen LogP contribution in [0.5, 0.6) is 0 Å². The molecule has 0 unspecified atom stereocenters. The molecule has 126 valence electrons. The van der Waals surface area contributed by atoms with Gasteiger partial charge in [0.25, 0.3) is 0 Å². The number of thioether (sulfide) groups is 1. The highest BCUT2D eigenvalue weighted by atomic mass is 32.2. The number of amides is 3. The normalized spacial score (nSPS) is 27.0. The van der Waals surface area contributed by atoms with Crippen LogP contribution in [0, 0.1) is 17.8 Å². The average Bonchev–Trinajstić information content (AvgIpc) is 3.21. The summed E-state index contributed by atoms with van der Waals surface area (Å²) in [6.45, 7) is 2.04. The van der Waals surface area contributed by atoms with E-state index in [0.29, 0.717) is 11.1 Å². The van der Waals surface area contributed by atoms with Gasteiger partial charge in [0.2, 0.25) is 11.1 Å². The van der Waals surface area contributed by atoms with Crippen molar-refractivity contribution < 1.29 is 9.59 Å². The molecular formula is C14H22N6O2S. The van der Waals surface area contributed by atoms with Crippen LogP contribution in [-0.4, -0.2) is 43.9 Å². The maximum atomic E-state index is 12.0. The Hall–Kier alpha value is -1.64. The van der Waals surface area contributed by atoms with E-state index in [1.54, 1.807) is 7.05 Å². The van der Waals surface area contributed by atoms with E-state index < -0.39 is 6.03 Å². The summed E-state index contributed by atoms with van der Waals surface area (Å²) in [6.07, 6.45) is 5.13. The van der Waals surface area contributed by atoms with Gasteiger partial charge in [-0.1, -0.05) is 18.2 Å². The number of tetrazole rings is 1. The number of aryl methyl sites for hydroxylation is 1. The molecule has 23 heavy (non-hydrogen) atoms. The predicted octanol–water partition coefficient (Wildman–Crippen LogP) is 0.953. The van der Waals surface area contributed by atoms with Crippen LogP contribution in [0.2, 0.25) is 0 Å². The molecule has 2 aliphatic carbocycles. The number of fused-ring (bicyclic) bond motifs is 2. The van der Waals surface area contributed by atoms with E-state index in [1.807, 2.05) is 6.92 Å². The second-order valence-corrected chi connectivity index (χ2v) is 7.47. The SMILES string of the molecule is C[C@H](NC(=O)NC(=O)CSc1nnnn1C)[C@H]1C[C@H]2CC[C@H]1C2. The van der Waals surface area contributed by atoms with E-state index in [2.05, 4.69) is 26.2 Å². The number of imide groups is 1. The molecule has 9 heteroatoms. The van der Waals surface area contributed by atoms with Crippen molar-refractivity contribution in [2.45, 2.75) is 43.8 Å². The van der Waals surface area contributed by atoms with Crippen LogP contribution in [0.25, 0.3) is 0 Å². The Morgan fingerprint density at radius 2 is 2.22 bits per heavy atom. The molecule has 1 aromatic rings. The fourth-order valence-electron chi connectivity index (χ4n) is 3.89. The van der Waals surface area contributed by atoms with Gasteiger partial charge < -0.3 is 5.32 Å². The summed E-state index contributed by atoms with van der Waals surface area (Å²) in [6, 6.07) is -0.310. The summed E-state index contributed by atoms with van der Waals surface area (Å²) in [5, 5.41) is 16.8. The third-order valence-electron chi connectivity index (χ3n) is 4.96. The first-order valence-electron chi connectivity index (χ1n) is 7.98. The first-order chi connectivity index (χ1) is 11.0. The number of nitrogens with zero attached hydrogens (tertiary/aromatic N) is 4. The highest BCUT2D eigenvalue weighted by Crippen LogP contribution is 2.49. The van der Waals surface area contributed by atoms with Crippen molar-refractivity contribution in [3.05, 3.63) is 0 Å². The molecule has 8 nitrogen and oxygen atoms in total. The Balaban J connectivity index is 1.40. The molecular weight excluding hydrogens is 316 g/mol. The fourth-order valence-corrected chi connectivity index (χ4v) is 4.54. The number of hydrogen-bond donors (Lipinski definition) is 2. The summed E-state index contributed by atoms with van der Waals surface area (Å²) in [5.74, 6) is 1.88. The maximum absolute atomic E-state index is 12.0. The minimum absolute atomic E-state index is 0.101. The molecule has 0 aliphatic heterocycles. The number of carbonyl (C=O) groups is 2. The molecule has 3 rings (SSSR count). The molecule has 1 heterocycles. The van der Waals surface area contributed by atoms with Gasteiger partial charge in [-0.2, -0.15) is 0 Å². The van der Waals surface area contributed by atoms with Crippen molar-refractivity contribution in [3.8, 4) is 0 Å². The monoisotopic (exact) mass is 338 g/mol. The number of carbonyl (C=O) groups excluding carboxylic acids is 2. The summed E-state index contributed by atoms with van der Waals surface area (Å²) < 4.78 is 1.48. The van der Waals surface area contributed by atoms with Gasteiger partial charge in [-0.15, -0.1) is 5.10 Å². The third-order valence-corrected chi connectivity index (χ3v) is 5.97. The Morgan fingerprint density at radius 1 is 1.39 bits per heavy atom. The zero-order valence-electron chi connectivity index (χ0n) is 13.4.